The van der Waals surface area contributed by atoms with Gasteiger partial charge in [-0.2, -0.15) is 0 Å². The van der Waals surface area contributed by atoms with Crippen molar-refractivity contribution in [3.05, 3.63) is 161 Å². The number of nitrogens with zero attached hydrogens (tertiary/aromatic N) is 1. The number of anilines is 3. The van der Waals surface area contributed by atoms with Crippen molar-refractivity contribution in [2.45, 2.75) is 124 Å². The van der Waals surface area contributed by atoms with Crippen LogP contribution in [-0.2, 0) is 27.1 Å². The molecule has 1 aliphatic carbocycles. The van der Waals surface area contributed by atoms with Gasteiger partial charge in [-0.25, -0.2) is 0 Å². The minimum atomic E-state index is -0.109. The van der Waals surface area contributed by atoms with Gasteiger partial charge in [0.2, 0.25) is 0 Å². The van der Waals surface area contributed by atoms with E-state index in [-0.39, 0.29) is 27.1 Å². The molecule has 7 rings (SSSR count). The molecular weight excluding hydrogens is 675 g/mol. The van der Waals surface area contributed by atoms with Crippen LogP contribution in [0.1, 0.15) is 130 Å². The maximum Gasteiger partial charge on any atom is 0.0540 e. The van der Waals surface area contributed by atoms with Crippen LogP contribution in [0.25, 0.3) is 33.4 Å². The third-order valence-electron chi connectivity index (χ3n) is 12.1. The molecule has 0 aromatic heterocycles. The van der Waals surface area contributed by atoms with Gasteiger partial charge in [0.1, 0.15) is 0 Å². The Kier molecular flexibility index (Phi) is 9.59. The fourth-order valence-corrected chi connectivity index (χ4v) is 8.28. The average Bonchev–Trinajstić information content (AvgIpc) is 3.36. The molecule has 0 spiro atoms. The second-order valence-electron chi connectivity index (χ2n) is 20.9. The van der Waals surface area contributed by atoms with E-state index in [0.29, 0.717) is 0 Å². The average molecular weight is 738 g/mol. The van der Waals surface area contributed by atoms with Crippen molar-refractivity contribution in [1.82, 2.24) is 0 Å². The van der Waals surface area contributed by atoms with Gasteiger partial charge in [0.05, 0.1) is 5.69 Å². The second-order valence-corrected chi connectivity index (χ2v) is 20.9. The predicted molar refractivity (Wildman–Crippen MR) is 244 cm³/mol. The van der Waals surface area contributed by atoms with Crippen LogP contribution in [0, 0.1) is 0 Å². The zero-order chi connectivity index (χ0) is 40.6. The van der Waals surface area contributed by atoms with E-state index in [1.165, 1.54) is 72.4 Å². The van der Waals surface area contributed by atoms with Crippen LogP contribution in [-0.4, -0.2) is 0 Å². The Morgan fingerprint density at radius 3 is 1.30 bits per heavy atom. The molecule has 6 aromatic rings. The molecule has 0 saturated carbocycles. The van der Waals surface area contributed by atoms with Gasteiger partial charge in [0.25, 0.3) is 0 Å². The molecule has 0 saturated heterocycles. The summed E-state index contributed by atoms with van der Waals surface area (Å²) in [5.41, 5.74) is 19.4. The van der Waals surface area contributed by atoms with Gasteiger partial charge in [0, 0.05) is 22.4 Å². The van der Waals surface area contributed by atoms with Gasteiger partial charge in [0.15, 0.2) is 0 Å². The molecule has 1 nitrogen and oxygen atoms in total. The standard InChI is InChI=1S/C55H63N/c1-51(2,3)39-29-37(30-40(33-39)52(4,5)6)36-23-25-43(26-24-36)56(44-27-28-47-46-20-15-17-21-48(46)55(13,14)49(47)35-44)50-22-18-16-19-45(50)38-31-41(53(7,8)9)34-42(32-38)54(10,11)12/h15-35H,1-14H3. The highest BCUT2D eigenvalue weighted by Crippen LogP contribution is 2.51. The van der Waals surface area contributed by atoms with E-state index in [1.807, 2.05) is 0 Å². The zero-order valence-corrected chi connectivity index (χ0v) is 36.6. The Bertz CT molecular complexity index is 2340. The maximum absolute atomic E-state index is 2.49. The Morgan fingerprint density at radius 1 is 0.357 bits per heavy atom. The molecule has 0 fully saturated rings. The first-order valence-corrected chi connectivity index (χ1v) is 20.6. The molecule has 1 heteroatoms. The lowest BCUT2D eigenvalue weighted by Crippen LogP contribution is -2.17. The number of hydrogen-bond acceptors (Lipinski definition) is 1. The highest BCUT2D eigenvalue weighted by molar-refractivity contribution is 5.91. The van der Waals surface area contributed by atoms with Crippen molar-refractivity contribution in [2.24, 2.45) is 0 Å². The SMILES string of the molecule is CC(C)(C)c1cc(-c2ccc(N(c3ccc4c(c3)C(C)(C)c3ccccc3-4)c3ccccc3-c3cc(C(C)(C)C)cc(C(C)(C)C)c3)cc2)cc(C(C)(C)C)c1. The van der Waals surface area contributed by atoms with Gasteiger partial charge in [-0.05, 0) is 113 Å². The molecule has 0 N–H and O–H groups in total. The van der Waals surface area contributed by atoms with Crippen molar-refractivity contribution in [2.75, 3.05) is 4.90 Å². The summed E-state index contributed by atoms with van der Waals surface area (Å²) < 4.78 is 0. The van der Waals surface area contributed by atoms with Crippen LogP contribution in [0.15, 0.2) is 127 Å². The normalized spacial score (nSPS) is 14.0. The molecule has 6 aromatic carbocycles. The number of para-hydroxylation sites is 1. The molecule has 0 aliphatic heterocycles. The summed E-state index contributed by atoms with van der Waals surface area (Å²) in [6, 6.07) is 48.8. The van der Waals surface area contributed by atoms with Gasteiger partial charge in [-0.3, -0.25) is 0 Å². The van der Waals surface area contributed by atoms with E-state index >= 15 is 0 Å². The van der Waals surface area contributed by atoms with Crippen molar-refractivity contribution in [3.8, 4) is 33.4 Å². The van der Waals surface area contributed by atoms with Gasteiger partial charge in [-0.15, -0.1) is 0 Å². The van der Waals surface area contributed by atoms with E-state index in [2.05, 4.69) is 229 Å². The fourth-order valence-electron chi connectivity index (χ4n) is 8.28. The molecule has 288 valence electrons. The van der Waals surface area contributed by atoms with Crippen molar-refractivity contribution >= 4 is 17.1 Å². The predicted octanol–water partition coefficient (Wildman–Crippen LogP) is 16.0. The van der Waals surface area contributed by atoms with E-state index < -0.39 is 0 Å². The second kappa shape index (κ2) is 13.7. The van der Waals surface area contributed by atoms with Gasteiger partial charge >= 0.3 is 0 Å². The van der Waals surface area contributed by atoms with E-state index in [0.717, 1.165) is 11.4 Å². The first-order valence-electron chi connectivity index (χ1n) is 20.6. The van der Waals surface area contributed by atoms with Crippen LogP contribution in [0.5, 0.6) is 0 Å². The summed E-state index contributed by atoms with van der Waals surface area (Å²) in [6.07, 6.45) is 0. The van der Waals surface area contributed by atoms with Crippen molar-refractivity contribution in [3.63, 3.8) is 0 Å². The van der Waals surface area contributed by atoms with Crippen molar-refractivity contribution < 1.29 is 0 Å². The molecule has 56 heavy (non-hydrogen) atoms. The minimum absolute atomic E-state index is 0.0121. The molecule has 0 heterocycles. The van der Waals surface area contributed by atoms with Crippen LogP contribution in [0.4, 0.5) is 17.1 Å². The molecule has 1 aliphatic rings. The Morgan fingerprint density at radius 2 is 0.786 bits per heavy atom. The molecule has 0 atom stereocenters. The highest BCUT2D eigenvalue weighted by Gasteiger charge is 2.36. The zero-order valence-electron chi connectivity index (χ0n) is 36.6. The lowest BCUT2D eigenvalue weighted by atomic mass is 9.78. The molecular formula is C55H63N. The first kappa shape index (κ1) is 39.4. The summed E-state index contributed by atoms with van der Waals surface area (Å²) in [7, 11) is 0. The monoisotopic (exact) mass is 737 g/mol. The van der Waals surface area contributed by atoms with Crippen LogP contribution in [0.3, 0.4) is 0 Å². The third kappa shape index (κ3) is 7.38. The molecule has 0 bridgehead atoms. The Labute approximate surface area is 338 Å². The van der Waals surface area contributed by atoms with E-state index in [1.54, 1.807) is 0 Å². The van der Waals surface area contributed by atoms with Crippen LogP contribution < -0.4 is 4.90 Å². The topological polar surface area (TPSA) is 3.24 Å². The molecule has 0 radical (unpaired) electrons. The van der Waals surface area contributed by atoms with Gasteiger partial charge in [-0.1, -0.05) is 194 Å². The highest BCUT2D eigenvalue weighted by atomic mass is 15.1. The van der Waals surface area contributed by atoms with Crippen LogP contribution in [0.2, 0.25) is 0 Å². The number of rotatable bonds is 5. The summed E-state index contributed by atoms with van der Waals surface area (Å²) in [6.45, 7) is 32.6. The quantitative estimate of drug-likeness (QED) is 0.170. The first-order chi connectivity index (χ1) is 26.0. The van der Waals surface area contributed by atoms with Crippen molar-refractivity contribution in [1.29, 1.82) is 0 Å². The molecule has 0 amide bonds. The summed E-state index contributed by atoms with van der Waals surface area (Å²) >= 11 is 0. The number of hydrogen-bond donors (Lipinski definition) is 0. The third-order valence-corrected chi connectivity index (χ3v) is 12.1. The Hall–Kier alpha value is -4.88. The minimum Gasteiger partial charge on any atom is -0.310 e. The molecule has 0 unspecified atom stereocenters. The lowest BCUT2D eigenvalue weighted by Gasteiger charge is -2.31. The van der Waals surface area contributed by atoms with Gasteiger partial charge < -0.3 is 4.90 Å². The fraction of sp³-hybridized carbons (Fsp3) is 0.345. The number of fused-ring (bicyclic) bond motifs is 3. The Balaban J connectivity index is 1.44. The van der Waals surface area contributed by atoms with Crippen LogP contribution >= 0.6 is 0 Å². The van der Waals surface area contributed by atoms with E-state index in [4.69, 9.17) is 0 Å². The summed E-state index contributed by atoms with van der Waals surface area (Å²) in [5, 5.41) is 0. The van der Waals surface area contributed by atoms with E-state index in [9.17, 15) is 0 Å². The lowest BCUT2D eigenvalue weighted by molar-refractivity contribution is 0.568. The largest absolute Gasteiger partial charge is 0.310 e. The number of benzene rings is 6. The maximum atomic E-state index is 2.49. The summed E-state index contributed by atoms with van der Waals surface area (Å²) in [5.74, 6) is 0. The summed E-state index contributed by atoms with van der Waals surface area (Å²) in [4.78, 5) is 2.49. The smallest absolute Gasteiger partial charge is 0.0540 e.